The number of aromatic amines is 2. The van der Waals surface area contributed by atoms with Gasteiger partial charge in [0.1, 0.15) is 0 Å². The van der Waals surface area contributed by atoms with Crippen LogP contribution in [0.1, 0.15) is 113 Å². The molecule has 8 nitrogen and oxygen atoms in total. The summed E-state index contributed by atoms with van der Waals surface area (Å²) < 4.78 is 0. The van der Waals surface area contributed by atoms with Crippen LogP contribution in [0.15, 0.2) is 22.3 Å². The maximum absolute atomic E-state index is 13.6. The van der Waals surface area contributed by atoms with Crippen LogP contribution in [0.3, 0.4) is 0 Å². The lowest BCUT2D eigenvalue weighted by atomic mass is 9.76. The summed E-state index contributed by atoms with van der Waals surface area (Å²) in [5.74, 6) is -2.51. The number of H-pyrrole nitrogens is 2. The number of carbonyl (C=O) groups excluding carboxylic acids is 6. The van der Waals surface area contributed by atoms with E-state index in [1.165, 1.54) is 13.8 Å². The van der Waals surface area contributed by atoms with Crippen LogP contribution in [0.2, 0.25) is 0 Å². The molecule has 0 spiro atoms. The molecular weight excluding hydrogens is 436 g/mol. The first-order chi connectivity index (χ1) is 16.2. The Hall–Kier alpha value is -3.94. The van der Waals surface area contributed by atoms with Crippen molar-refractivity contribution < 1.29 is 28.8 Å². The van der Waals surface area contributed by atoms with Gasteiger partial charge in [-0.1, -0.05) is 0 Å². The summed E-state index contributed by atoms with van der Waals surface area (Å²) in [6.45, 7) is 2.89. The highest BCUT2D eigenvalue weighted by Crippen LogP contribution is 2.41. The Kier molecular flexibility index (Phi) is 4.12. The standard InChI is InChI=1S/C26H20N2O6/c1-9-15(25(33)21-19(23(9)31)17-11(27-21)5-3-7-13(17)29)16-10(2)24(32)20-18-12(6-4-8-14(18)30)28-22(20)26(16)34/h27-28H,3-8H2,1-2H3. The minimum atomic E-state index is -0.583. The van der Waals surface area contributed by atoms with Crippen LogP contribution in [0, 0.1) is 0 Å². The van der Waals surface area contributed by atoms with E-state index in [4.69, 9.17) is 0 Å². The topological polar surface area (TPSA) is 134 Å². The first kappa shape index (κ1) is 20.7. The van der Waals surface area contributed by atoms with Gasteiger partial charge >= 0.3 is 0 Å². The Morgan fingerprint density at radius 2 is 0.882 bits per heavy atom. The summed E-state index contributed by atoms with van der Waals surface area (Å²) in [7, 11) is 0. The van der Waals surface area contributed by atoms with E-state index in [-0.39, 0.29) is 67.5 Å². The number of ketones is 6. The Balaban J connectivity index is 1.54. The molecule has 0 bridgehead atoms. The monoisotopic (exact) mass is 456 g/mol. The zero-order valence-electron chi connectivity index (χ0n) is 18.7. The summed E-state index contributed by atoms with van der Waals surface area (Å²) in [4.78, 5) is 85.0. The largest absolute Gasteiger partial charge is 0.354 e. The van der Waals surface area contributed by atoms with Gasteiger partial charge in [0.2, 0.25) is 11.6 Å². The van der Waals surface area contributed by atoms with Crippen molar-refractivity contribution in [1.29, 1.82) is 0 Å². The fourth-order valence-electron chi connectivity index (χ4n) is 5.78. The third-order valence-corrected chi connectivity index (χ3v) is 7.42. The van der Waals surface area contributed by atoms with Crippen LogP contribution in [0.5, 0.6) is 0 Å². The number of carbonyl (C=O) groups is 6. The molecule has 0 amide bonds. The SMILES string of the molecule is CC1=C(C2=C(C)C(=O)c3c([nH]c4c3C(=O)CCC4)C2=O)C(=O)c2[nH]c3c(c2C1=O)C(=O)CCC3. The van der Waals surface area contributed by atoms with Gasteiger partial charge in [0.05, 0.1) is 33.6 Å². The number of fused-ring (bicyclic) bond motifs is 6. The van der Waals surface area contributed by atoms with Gasteiger partial charge in [-0.05, 0) is 39.5 Å². The van der Waals surface area contributed by atoms with E-state index in [1.807, 2.05) is 0 Å². The Labute approximate surface area is 193 Å². The van der Waals surface area contributed by atoms with E-state index >= 15 is 0 Å². The quantitative estimate of drug-likeness (QED) is 0.675. The van der Waals surface area contributed by atoms with Crippen LogP contribution < -0.4 is 0 Å². The van der Waals surface area contributed by atoms with E-state index in [1.54, 1.807) is 0 Å². The van der Waals surface area contributed by atoms with Crippen LogP contribution >= 0.6 is 0 Å². The zero-order valence-corrected chi connectivity index (χ0v) is 18.7. The lowest BCUT2D eigenvalue weighted by Gasteiger charge is -2.23. The maximum Gasteiger partial charge on any atom is 0.211 e. The van der Waals surface area contributed by atoms with E-state index in [9.17, 15) is 28.8 Å². The van der Waals surface area contributed by atoms with Crippen molar-refractivity contribution in [3.63, 3.8) is 0 Å². The second kappa shape index (κ2) is 6.79. The van der Waals surface area contributed by atoms with Gasteiger partial charge in [0, 0.05) is 46.5 Å². The molecule has 0 atom stereocenters. The van der Waals surface area contributed by atoms with Crippen molar-refractivity contribution in [2.24, 2.45) is 0 Å². The van der Waals surface area contributed by atoms with Crippen LogP contribution in [0.4, 0.5) is 0 Å². The predicted molar refractivity (Wildman–Crippen MR) is 119 cm³/mol. The third kappa shape index (κ3) is 2.42. The molecule has 8 heteroatoms. The maximum atomic E-state index is 13.6. The fourth-order valence-corrected chi connectivity index (χ4v) is 5.78. The molecule has 170 valence electrons. The second-order valence-corrected chi connectivity index (χ2v) is 9.33. The van der Waals surface area contributed by atoms with Crippen molar-refractivity contribution >= 4 is 34.7 Å². The van der Waals surface area contributed by atoms with Gasteiger partial charge in [-0.15, -0.1) is 0 Å². The van der Waals surface area contributed by atoms with E-state index < -0.39 is 23.1 Å². The van der Waals surface area contributed by atoms with Gasteiger partial charge in [-0.2, -0.15) is 0 Å². The van der Waals surface area contributed by atoms with Crippen molar-refractivity contribution in [3.05, 3.63) is 67.3 Å². The molecule has 6 rings (SSSR count). The van der Waals surface area contributed by atoms with Crippen molar-refractivity contribution in [1.82, 2.24) is 9.97 Å². The first-order valence-corrected chi connectivity index (χ1v) is 11.4. The first-order valence-electron chi connectivity index (χ1n) is 11.4. The van der Waals surface area contributed by atoms with E-state index in [0.717, 1.165) is 0 Å². The van der Waals surface area contributed by atoms with Gasteiger partial charge in [0.25, 0.3) is 0 Å². The molecule has 0 saturated heterocycles. The second-order valence-electron chi connectivity index (χ2n) is 9.33. The lowest BCUT2D eigenvalue weighted by molar-refractivity contribution is 0.0938. The van der Waals surface area contributed by atoms with Crippen LogP contribution in [-0.4, -0.2) is 44.7 Å². The molecular formula is C26H20N2O6. The molecule has 2 heterocycles. The number of aromatic nitrogens is 2. The average molecular weight is 456 g/mol. The molecule has 0 unspecified atom stereocenters. The number of hydrogen-bond donors (Lipinski definition) is 2. The minimum absolute atomic E-state index is 0.00171. The van der Waals surface area contributed by atoms with Crippen LogP contribution in [-0.2, 0) is 12.8 Å². The number of nitrogens with one attached hydrogen (secondary N) is 2. The number of Topliss-reactive ketones (excluding diaryl/α,β-unsaturated/α-hetero) is 6. The molecule has 4 aliphatic carbocycles. The minimum Gasteiger partial charge on any atom is -0.354 e. The molecule has 0 saturated carbocycles. The zero-order chi connectivity index (χ0) is 24.0. The number of allylic oxidation sites excluding steroid dienone is 4. The van der Waals surface area contributed by atoms with Crippen LogP contribution in [0.25, 0.3) is 0 Å². The summed E-state index contributed by atoms with van der Waals surface area (Å²) in [5.41, 5.74) is 1.62. The molecule has 0 fully saturated rings. The number of hydrogen-bond acceptors (Lipinski definition) is 6. The molecule has 0 aromatic carbocycles. The third-order valence-electron chi connectivity index (χ3n) is 7.42. The summed E-state index contributed by atoms with van der Waals surface area (Å²) in [6.07, 6.45) is 2.97. The Morgan fingerprint density at radius 1 is 0.500 bits per heavy atom. The molecule has 0 radical (unpaired) electrons. The summed E-state index contributed by atoms with van der Waals surface area (Å²) in [5, 5.41) is 0. The molecule has 0 aliphatic heterocycles. The normalized spacial score (nSPS) is 20.1. The van der Waals surface area contributed by atoms with Gasteiger partial charge in [0.15, 0.2) is 23.1 Å². The highest BCUT2D eigenvalue weighted by atomic mass is 16.2. The van der Waals surface area contributed by atoms with Gasteiger partial charge in [-0.25, -0.2) is 0 Å². The Bertz CT molecular complexity index is 1410. The summed E-state index contributed by atoms with van der Waals surface area (Å²) >= 11 is 0. The fraction of sp³-hybridized carbons (Fsp3) is 0.308. The van der Waals surface area contributed by atoms with E-state index in [2.05, 4.69) is 9.97 Å². The Morgan fingerprint density at radius 3 is 1.26 bits per heavy atom. The molecule has 2 aromatic rings. The molecule has 2 N–H and O–H groups in total. The van der Waals surface area contributed by atoms with Crippen molar-refractivity contribution in [3.8, 4) is 0 Å². The highest BCUT2D eigenvalue weighted by Gasteiger charge is 2.45. The molecule has 4 aliphatic rings. The highest BCUT2D eigenvalue weighted by molar-refractivity contribution is 6.38. The average Bonchev–Trinajstić information content (AvgIpc) is 3.40. The smallest absolute Gasteiger partial charge is 0.211 e. The number of aryl methyl sites for hydroxylation is 2. The molecule has 2 aromatic heterocycles. The van der Waals surface area contributed by atoms with E-state index in [0.29, 0.717) is 49.9 Å². The predicted octanol–water partition coefficient (Wildman–Crippen LogP) is 3.47. The van der Waals surface area contributed by atoms with Gasteiger partial charge in [-0.3, -0.25) is 28.8 Å². The van der Waals surface area contributed by atoms with Crippen molar-refractivity contribution in [2.75, 3.05) is 0 Å². The van der Waals surface area contributed by atoms with Crippen molar-refractivity contribution in [2.45, 2.75) is 52.4 Å². The lowest BCUT2D eigenvalue weighted by Crippen LogP contribution is -2.30. The summed E-state index contributed by atoms with van der Waals surface area (Å²) in [6, 6.07) is 0. The number of rotatable bonds is 1. The molecule has 34 heavy (non-hydrogen) atoms. The van der Waals surface area contributed by atoms with Gasteiger partial charge < -0.3 is 9.97 Å².